The summed E-state index contributed by atoms with van der Waals surface area (Å²) >= 11 is 0. The third-order valence-corrected chi connectivity index (χ3v) is 2.73. The number of carbonyl (C=O) groups excluding carboxylic acids is 2. The molecule has 0 spiro atoms. The Hall–Kier alpha value is -2.92. The minimum absolute atomic E-state index is 0.329. The van der Waals surface area contributed by atoms with Crippen LogP contribution in [0.4, 0.5) is 0 Å². The number of nitrogens with zero attached hydrogens (tertiary/aromatic N) is 8. The molecule has 0 bridgehead atoms. The Morgan fingerprint density at radius 1 is 1.00 bits per heavy atom. The van der Waals surface area contributed by atoms with Crippen LogP contribution in [0, 0.1) is 0 Å². The fraction of sp³-hybridized carbons (Fsp3) is 0.667. The van der Waals surface area contributed by atoms with Crippen molar-refractivity contribution in [3.8, 4) is 0 Å². The van der Waals surface area contributed by atoms with Crippen molar-refractivity contribution in [1.82, 2.24) is 40.4 Å². The van der Waals surface area contributed by atoms with Crippen molar-refractivity contribution in [3.63, 3.8) is 0 Å². The van der Waals surface area contributed by atoms with E-state index in [0.717, 1.165) is 0 Å². The molecule has 0 saturated carbocycles. The molecule has 2 aromatic rings. The second-order valence-corrected chi connectivity index (χ2v) is 4.40. The van der Waals surface area contributed by atoms with Gasteiger partial charge in [0.1, 0.15) is 12.4 Å². The molecule has 132 valence electrons. The van der Waals surface area contributed by atoms with Crippen molar-refractivity contribution in [2.24, 2.45) is 0 Å². The highest BCUT2D eigenvalue weighted by Gasteiger charge is 2.17. The topological polar surface area (TPSA) is 140 Å². The molecule has 2 aromatic heterocycles. The monoisotopic (exact) mass is 340 g/mol. The molecule has 12 nitrogen and oxygen atoms in total. The molecule has 0 aliphatic carbocycles. The van der Waals surface area contributed by atoms with Crippen LogP contribution >= 0.6 is 0 Å². The van der Waals surface area contributed by atoms with E-state index in [9.17, 15) is 9.59 Å². The van der Waals surface area contributed by atoms with E-state index in [1.165, 1.54) is 22.1 Å². The first-order valence-corrected chi connectivity index (χ1v) is 7.29. The van der Waals surface area contributed by atoms with Crippen LogP contribution in [-0.2, 0) is 19.1 Å². The van der Waals surface area contributed by atoms with Crippen molar-refractivity contribution in [3.05, 3.63) is 12.7 Å². The van der Waals surface area contributed by atoms with Crippen LogP contribution < -0.4 is 0 Å². The number of ether oxygens (including phenoxy) is 2. The maximum Gasteiger partial charge on any atom is 0.332 e. The van der Waals surface area contributed by atoms with Crippen LogP contribution in [0.2, 0.25) is 0 Å². The second kappa shape index (κ2) is 9.97. The van der Waals surface area contributed by atoms with E-state index in [4.69, 9.17) is 9.47 Å². The molecule has 0 aliphatic rings. The lowest BCUT2D eigenvalue weighted by molar-refractivity contribution is -0.148. The Morgan fingerprint density at radius 2 is 1.62 bits per heavy atom. The molecule has 2 atom stereocenters. The highest BCUT2D eigenvalue weighted by Crippen LogP contribution is 2.03. The Morgan fingerprint density at radius 3 is 2.08 bits per heavy atom. The molecule has 0 aliphatic heterocycles. The molecule has 0 radical (unpaired) electrons. The first-order valence-electron chi connectivity index (χ1n) is 7.29. The van der Waals surface area contributed by atoms with Crippen LogP contribution in [0.25, 0.3) is 0 Å². The summed E-state index contributed by atoms with van der Waals surface area (Å²) < 4.78 is 10.9. The third kappa shape index (κ3) is 5.70. The molecule has 0 amide bonds. The first kappa shape index (κ1) is 19.1. The van der Waals surface area contributed by atoms with Crippen LogP contribution in [0.5, 0.6) is 0 Å². The number of aromatic nitrogens is 8. The van der Waals surface area contributed by atoms with Crippen LogP contribution in [0.3, 0.4) is 0 Å². The lowest BCUT2D eigenvalue weighted by atomic mass is 10.3. The quantitative estimate of drug-likeness (QED) is 0.637. The number of rotatable bonds is 6. The van der Waals surface area contributed by atoms with Crippen molar-refractivity contribution in [1.29, 1.82) is 0 Å². The van der Waals surface area contributed by atoms with E-state index in [2.05, 4.69) is 30.9 Å². The van der Waals surface area contributed by atoms with Gasteiger partial charge in [0.05, 0.1) is 13.2 Å². The zero-order valence-electron chi connectivity index (χ0n) is 13.9. The number of carbonyl (C=O) groups is 2. The highest BCUT2D eigenvalue weighted by molar-refractivity contribution is 5.73. The highest BCUT2D eigenvalue weighted by atomic mass is 16.5. The summed E-state index contributed by atoms with van der Waals surface area (Å²) in [5, 5.41) is 21.2. The van der Waals surface area contributed by atoms with Gasteiger partial charge in [-0.25, -0.2) is 14.3 Å². The average molecular weight is 340 g/mol. The van der Waals surface area contributed by atoms with Gasteiger partial charge >= 0.3 is 11.9 Å². The molecule has 24 heavy (non-hydrogen) atoms. The van der Waals surface area contributed by atoms with Crippen LogP contribution in [0.15, 0.2) is 12.7 Å². The average Bonchev–Trinajstić information content (AvgIpc) is 3.27. The summed E-state index contributed by atoms with van der Waals surface area (Å²) in [5.74, 6) is -0.680. The molecular weight excluding hydrogens is 320 g/mol. The van der Waals surface area contributed by atoms with E-state index >= 15 is 0 Å². The SMILES string of the molecule is CCOC(=O)C(C)n1cnnn1.CCOC(=O)C(C)n1ncnn1. The summed E-state index contributed by atoms with van der Waals surface area (Å²) in [6, 6.07) is -0.965. The lowest BCUT2D eigenvalue weighted by Crippen LogP contribution is -2.21. The van der Waals surface area contributed by atoms with Crippen molar-refractivity contribution < 1.29 is 19.1 Å². The molecule has 2 unspecified atom stereocenters. The van der Waals surface area contributed by atoms with Crippen molar-refractivity contribution >= 4 is 11.9 Å². The fourth-order valence-electron chi connectivity index (χ4n) is 1.43. The van der Waals surface area contributed by atoms with Gasteiger partial charge in [-0.05, 0) is 43.3 Å². The maximum absolute atomic E-state index is 11.1. The summed E-state index contributed by atoms with van der Waals surface area (Å²) in [6.45, 7) is 7.56. The Labute approximate surface area is 138 Å². The maximum atomic E-state index is 11.1. The van der Waals surface area contributed by atoms with E-state index < -0.39 is 12.1 Å². The van der Waals surface area contributed by atoms with E-state index in [1.54, 1.807) is 27.7 Å². The number of hydrogen-bond acceptors (Lipinski definition) is 10. The number of esters is 2. The van der Waals surface area contributed by atoms with Gasteiger partial charge in [-0.2, -0.15) is 4.80 Å². The van der Waals surface area contributed by atoms with Gasteiger partial charge in [0.2, 0.25) is 0 Å². The molecule has 2 rings (SSSR count). The standard InChI is InChI=1S/2C6H10N4O2/c1-3-12-6(11)5(2)10-4-7-8-9-10;1-3-12-6(11)5(2)10-8-4-7-9-10/h2*4-5H,3H2,1-2H3. The van der Waals surface area contributed by atoms with E-state index in [-0.39, 0.29) is 11.9 Å². The van der Waals surface area contributed by atoms with E-state index in [1.807, 2.05) is 0 Å². The van der Waals surface area contributed by atoms with Gasteiger partial charge in [0.25, 0.3) is 0 Å². The third-order valence-electron chi connectivity index (χ3n) is 2.73. The van der Waals surface area contributed by atoms with Gasteiger partial charge < -0.3 is 9.47 Å². The molecule has 0 aromatic carbocycles. The van der Waals surface area contributed by atoms with Gasteiger partial charge in [-0.3, -0.25) is 0 Å². The van der Waals surface area contributed by atoms with Gasteiger partial charge in [-0.1, -0.05) is 0 Å². The van der Waals surface area contributed by atoms with Crippen LogP contribution in [0.1, 0.15) is 39.8 Å². The van der Waals surface area contributed by atoms with Crippen LogP contribution in [-0.4, -0.2) is 65.6 Å². The summed E-state index contributed by atoms with van der Waals surface area (Å²) in [4.78, 5) is 23.4. The van der Waals surface area contributed by atoms with Gasteiger partial charge in [0, 0.05) is 0 Å². The van der Waals surface area contributed by atoms with Gasteiger partial charge in [-0.15, -0.1) is 15.3 Å². The molecule has 0 fully saturated rings. The van der Waals surface area contributed by atoms with E-state index in [0.29, 0.717) is 13.2 Å². The zero-order valence-corrected chi connectivity index (χ0v) is 13.9. The fourth-order valence-corrected chi connectivity index (χ4v) is 1.43. The summed E-state index contributed by atoms with van der Waals surface area (Å²) in [7, 11) is 0. The molecule has 0 saturated heterocycles. The number of tetrazole rings is 2. The molecule has 2 heterocycles. The Bertz CT molecular complexity index is 546. The van der Waals surface area contributed by atoms with Crippen molar-refractivity contribution in [2.75, 3.05) is 13.2 Å². The molecule has 12 heteroatoms. The Kier molecular flexibility index (Phi) is 7.94. The lowest BCUT2D eigenvalue weighted by Gasteiger charge is -2.08. The number of hydrogen-bond donors (Lipinski definition) is 0. The second-order valence-electron chi connectivity index (χ2n) is 4.40. The van der Waals surface area contributed by atoms with Crippen molar-refractivity contribution in [2.45, 2.75) is 39.8 Å². The molecule has 0 N–H and O–H groups in total. The predicted octanol–water partition coefficient (Wildman–Crippen LogP) is -0.406. The minimum atomic E-state index is -0.507. The summed E-state index contributed by atoms with van der Waals surface area (Å²) in [6.07, 6.45) is 2.65. The minimum Gasteiger partial charge on any atom is -0.464 e. The first-order chi connectivity index (χ1) is 11.5. The molecular formula is C12H20N8O4. The normalized spacial score (nSPS) is 12.5. The largest absolute Gasteiger partial charge is 0.464 e. The zero-order chi connectivity index (χ0) is 17.9. The predicted molar refractivity (Wildman–Crippen MR) is 78.3 cm³/mol. The Balaban J connectivity index is 0.000000240. The summed E-state index contributed by atoms with van der Waals surface area (Å²) in [5.41, 5.74) is 0. The van der Waals surface area contributed by atoms with Gasteiger partial charge in [0.15, 0.2) is 12.4 Å². The smallest absolute Gasteiger partial charge is 0.332 e.